The molecule has 1 aromatic heterocycles. The lowest BCUT2D eigenvalue weighted by Gasteiger charge is -2.40. The van der Waals surface area contributed by atoms with Crippen molar-refractivity contribution in [3.63, 3.8) is 0 Å². The van der Waals surface area contributed by atoms with E-state index < -0.39 is 5.97 Å². The monoisotopic (exact) mass is 206 g/mol. The van der Waals surface area contributed by atoms with Crippen LogP contribution in [0.5, 0.6) is 0 Å². The largest absolute Gasteiger partial charge is 0.477 e. The summed E-state index contributed by atoms with van der Waals surface area (Å²) in [5.74, 6) is -0.989. The van der Waals surface area contributed by atoms with Gasteiger partial charge in [-0.3, -0.25) is 0 Å². The molecule has 1 aliphatic rings. The van der Waals surface area contributed by atoms with Crippen LogP contribution in [0.3, 0.4) is 0 Å². The van der Waals surface area contributed by atoms with Crippen LogP contribution in [0.2, 0.25) is 0 Å². The van der Waals surface area contributed by atoms with Crippen molar-refractivity contribution < 1.29 is 9.90 Å². The molecule has 0 amide bonds. The van der Waals surface area contributed by atoms with E-state index in [0.29, 0.717) is 0 Å². The van der Waals surface area contributed by atoms with Crippen LogP contribution < -0.4 is 5.32 Å². The van der Waals surface area contributed by atoms with E-state index in [4.69, 9.17) is 5.11 Å². The number of aromatic nitrogens is 1. The van der Waals surface area contributed by atoms with Gasteiger partial charge in [-0.25, -0.2) is 9.78 Å². The minimum absolute atomic E-state index is 0.0827. The highest BCUT2D eigenvalue weighted by molar-refractivity contribution is 5.85. The summed E-state index contributed by atoms with van der Waals surface area (Å²) < 4.78 is 0. The maximum Gasteiger partial charge on any atom is 0.354 e. The quantitative estimate of drug-likeness (QED) is 0.795. The topological polar surface area (TPSA) is 62.2 Å². The van der Waals surface area contributed by atoms with Crippen LogP contribution in [0.25, 0.3) is 0 Å². The second-order valence-electron chi connectivity index (χ2n) is 4.28. The number of aromatic carboxylic acids is 1. The van der Waals surface area contributed by atoms with Crippen LogP contribution in [0.4, 0.5) is 5.69 Å². The summed E-state index contributed by atoms with van der Waals surface area (Å²) in [4.78, 5) is 14.4. The predicted molar refractivity (Wildman–Crippen MR) is 57.1 cm³/mol. The summed E-state index contributed by atoms with van der Waals surface area (Å²) in [6.07, 6.45) is 5.15. The minimum Gasteiger partial charge on any atom is -0.477 e. The first-order chi connectivity index (χ1) is 7.09. The zero-order chi connectivity index (χ0) is 10.9. The third-order valence-electron chi connectivity index (χ3n) is 2.89. The highest BCUT2D eigenvalue weighted by Crippen LogP contribution is 2.34. The molecule has 0 spiro atoms. The van der Waals surface area contributed by atoms with Gasteiger partial charge in [0.25, 0.3) is 0 Å². The van der Waals surface area contributed by atoms with Crippen LogP contribution in [-0.4, -0.2) is 21.6 Å². The molecule has 15 heavy (non-hydrogen) atoms. The molecule has 0 saturated heterocycles. The number of carboxylic acid groups (broad SMARTS) is 1. The van der Waals surface area contributed by atoms with Crippen LogP contribution in [0.1, 0.15) is 36.7 Å². The first kappa shape index (κ1) is 9.96. The molecule has 1 saturated carbocycles. The summed E-state index contributed by atoms with van der Waals surface area (Å²) in [5.41, 5.74) is 1.15. The van der Waals surface area contributed by atoms with E-state index in [0.717, 1.165) is 18.5 Å². The Morgan fingerprint density at radius 2 is 2.27 bits per heavy atom. The average molecular weight is 206 g/mol. The molecule has 0 atom stereocenters. The van der Waals surface area contributed by atoms with E-state index in [1.807, 2.05) is 0 Å². The van der Waals surface area contributed by atoms with Crippen molar-refractivity contribution >= 4 is 11.7 Å². The predicted octanol–water partition coefficient (Wildman–Crippen LogP) is 2.13. The third-order valence-corrected chi connectivity index (χ3v) is 2.89. The van der Waals surface area contributed by atoms with Crippen molar-refractivity contribution in [1.29, 1.82) is 0 Å². The first-order valence-electron chi connectivity index (χ1n) is 5.07. The molecule has 2 rings (SSSR count). The highest BCUT2D eigenvalue weighted by atomic mass is 16.4. The summed E-state index contributed by atoms with van der Waals surface area (Å²) >= 11 is 0. The molecular weight excluding hydrogens is 192 g/mol. The van der Waals surface area contributed by atoms with Crippen LogP contribution >= 0.6 is 0 Å². The smallest absolute Gasteiger partial charge is 0.354 e. The number of hydrogen-bond donors (Lipinski definition) is 2. The standard InChI is InChI=1S/C11H14N2O2/c1-11(5-2-6-11)13-8-3-4-9(10(14)15)12-7-8/h3-4,7,13H,2,5-6H2,1H3,(H,14,15). The third kappa shape index (κ3) is 2.09. The number of carboxylic acids is 1. The minimum atomic E-state index is -0.989. The van der Waals surface area contributed by atoms with E-state index in [2.05, 4.69) is 17.2 Å². The van der Waals surface area contributed by atoms with Crippen molar-refractivity contribution in [2.24, 2.45) is 0 Å². The van der Waals surface area contributed by atoms with Gasteiger partial charge in [-0.2, -0.15) is 0 Å². The molecule has 0 bridgehead atoms. The summed E-state index contributed by atoms with van der Waals surface area (Å²) in [6.45, 7) is 2.17. The van der Waals surface area contributed by atoms with E-state index in [1.165, 1.54) is 12.5 Å². The van der Waals surface area contributed by atoms with Crippen LogP contribution in [-0.2, 0) is 0 Å². The van der Waals surface area contributed by atoms with Gasteiger partial charge in [0.05, 0.1) is 11.9 Å². The lowest BCUT2D eigenvalue weighted by atomic mass is 9.78. The zero-order valence-electron chi connectivity index (χ0n) is 8.66. The number of pyridine rings is 1. The number of nitrogens with one attached hydrogen (secondary N) is 1. The Kier molecular flexibility index (Phi) is 2.34. The van der Waals surface area contributed by atoms with Gasteiger partial charge < -0.3 is 10.4 Å². The molecular formula is C11H14N2O2. The fraction of sp³-hybridized carbons (Fsp3) is 0.455. The maximum atomic E-state index is 10.6. The summed E-state index contributed by atoms with van der Waals surface area (Å²) in [6, 6.07) is 3.28. The van der Waals surface area contributed by atoms with Gasteiger partial charge in [0.2, 0.25) is 0 Å². The zero-order valence-corrected chi connectivity index (χ0v) is 8.66. The summed E-state index contributed by atoms with van der Waals surface area (Å²) in [7, 11) is 0. The fourth-order valence-corrected chi connectivity index (χ4v) is 1.77. The van der Waals surface area contributed by atoms with Crippen molar-refractivity contribution in [2.75, 3.05) is 5.32 Å². The van der Waals surface area contributed by atoms with Gasteiger partial charge in [0.15, 0.2) is 0 Å². The normalized spacial score (nSPS) is 17.9. The Hall–Kier alpha value is -1.58. The second kappa shape index (κ2) is 3.53. The Labute approximate surface area is 88.3 Å². The molecule has 4 heteroatoms. The summed E-state index contributed by atoms with van der Waals surface area (Å²) in [5, 5.41) is 12.0. The Balaban J connectivity index is 2.07. The number of rotatable bonds is 3. The SMILES string of the molecule is CC1(Nc2ccc(C(=O)O)nc2)CCC1. The molecule has 2 N–H and O–H groups in total. The number of carbonyl (C=O) groups is 1. The van der Waals surface area contributed by atoms with Crippen LogP contribution in [0, 0.1) is 0 Å². The first-order valence-corrected chi connectivity index (χ1v) is 5.07. The molecule has 1 heterocycles. The van der Waals surface area contributed by atoms with Gasteiger partial charge in [-0.05, 0) is 38.3 Å². The lowest BCUT2D eigenvalue weighted by molar-refractivity contribution is 0.0690. The average Bonchev–Trinajstić information content (AvgIpc) is 2.16. The van der Waals surface area contributed by atoms with Crippen LogP contribution in [0.15, 0.2) is 18.3 Å². The van der Waals surface area contributed by atoms with Crippen molar-refractivity contribution in [1.82, 2.24) is 4.98 Å². The van der Waals surface area contributed by atoms with Gasteiger partial charge in [0.1, 0.15) is 5.69 Å². The molecule has 1 aromatic rings. The highest BCUT2D eigenvalue weighted by Gasteiger charge is 2.31. The molecule has 0 aliphatic heterocycles. The van der Waals surface area contributed by atoms with E-state index in [1.54, 1.807) is 12.3 Å². The Bertz CT molecular complexity index is 369. The van der Waals surface area contributed by atoms with Crippen molar-refractivity contribution in [3.8, 4) is 0 Å². The molecule has 0 radical (unpaired) electrons. The Morgan fingerprint density at radius 3 is 2.67 bits per heavy atom. The van der Waals surface area contributed by atoms with E-state index in [9.17, 15) is 4.79 Å². The molecule has 1 fully saturated rings. The lowest BCUT2D eigenvalue weighted by Crippen LogP contribution is -2.41. The molecule has 0 aromatic carbocycles. The number of anilines is 1. The van der Waals surface area contributed by atoms with E-state index >= 15 is 0 Å². The molecule has 0 unspecified atom stereocenters. The van der Waals surface area contributed by atoms with Gasteiger partial charge >= 0.3 is 5.97 Å². The Morgan fingerprint density at radius 1 is 1.53 bits per heavy atom. The molecule has 4 nitrogen and oxygen atoms in total. The number of hydrogen-bond acceptors (Lipinski definition) is 3. The van der Waals surface area contributed by atoms with Gasteiger partial charge in [0, 0.05) is 5.54 Å². The molecule has 1 aliphatic carbocycles. The second-order valence-corrected chi connectivity index (χ2v) is 4.28. The van der Waals surface area contributed by atoms with Crippen molar-refractivity contribution in [2.45, 2.75) is 31.7 Å². The van der Waals surface area contributed by atoms with Gasteiger partial charge in [-0.1, -0.05) is 0 Å². The number of nitrogens with zero attached hydrogens (tertiary/aromatic N) is 1. The van der Waals surface area contributed by atoms with Gasteiger partial charge in [-0.15, -0.1) is 0 Å². The molecule has 80 valence electrons. The van der Waals surface area contributed by atoms with Crippen molar-refractivity contribution in [3.05, 3.63) is 24.0 Å². The van der Waals surface area contributed by atoms with E-state index in [-0.39, 0.29) is 11.2 Å². The maximum absolute atomic E-state index is 10.6. The fourth-order valence-electron chi connectivity index (χ4n) is 1.77.